The SMILES string of the molecule is CCOCCOC(=O)C1CC(=O)N(CC2CC2)C1. The highest BCUT2D eigenvalue weighted by atomic mass is 16.6. The number of rotatable bonds is 7. The van der Waals surface area contributed by atoms with Crippen LogP contribution in [0.1, 0.15) is 26.2 Å². The smallest absolute Gasteiger partial charge is 0.311 e. The van der Waals surface area contributed by atoms with E-state index in [2.05, 4.69) is 0 Å². The Bertz CT molecular complexity index is 314. The van der Waals surface area contributed by atoms with Gasteiger partial charge < -0.3 is 14.4 Å². The van der Waals surface area contributed by atoms with Crippen LogP contribution in [-0.2, 0) is 19.1 Å². The molecular weight excluding hydrogens is 234 g/mol. The van der Waals surface area contributed by atoms with Gasteiger partial charge in [0.1, 0.15) is 6.61 Å². The lowest BCUT2D eigenvalue weighted by atomic mass is 10.1. The Labute approximate surface area is 107 Å². The van der Waals surface area contributed by atoms with Gasteiger partial charge in [0.15, 0.2) is 0 Å². The van der Waals surface area contributed by atoms with E-state index in [4.69, 9.17) is 9.47 Å². The summed E-state index contributed by atoms with van der Waals surface area (Å²) in [6, 6.07) is 0. The molecule has 5 nitrogen and oxygen atoms in total. The van der Waals surface area contributed by atoms with Crippen molar-refractivity contribution >= 4 is 11.9 Å². The van der Waals surface area contributed by atoms with Crippen molar-refractivity contribution in [1.29, 1.82) is 0 Å². The zero-order valence-electron chi connectivity index (χ0n) is 10.9. The number of hydrogen-bond acceptors (Lipinski definition) is 4. The van der Waals surface area contributed by atoms with Crippen molar-refractivity contribution in [1.82, 2.24) is 4.90 Å². The molecule has 0 bridgehead atoms. The van der Waals surface area contributed by atoms with Gasteiger partial charge in [-0.25, -0.2) is 0 Å². The van der Waals surface area contributed by atoms with Crippen LogP contribution in [0, 0.1) is 11.8 Å². The average molecular weight is 255 g/mol. The van der Waals surface area contributed by atoms with Gasteiger partial charge in [-0.2, -0.15) is 0 Å². The molecule has 1 saturated heterocycles. The standard InChI is InChI=1S/C13H21NO4/c1-2-17-5-6-18-13(16)11-7-12(15)14(9-11)8-10-3-4-10/h10-11H,2-9H2,1H3. The van der Waals surface area contributed by atoms with E-state index in [9.17, 15) is 9.59 Å². The molecule has 18 heavy (non-hydrogen) atoms. The molecule has 0 aromatic carbocycles. The zero-order chi connectivity index (χ0) is 13.0. The van der Waals surface area contributed by atoms with Crippen LogP contribution >= 0.6 is 0 Å². The van der Waals surface area contributed by atoms with Crippen molar-refractivity contribution < 1.29 is 19.1 Å². The number of esters is 1. The first-order valence-corrected chi connectivity index (χ1v) is 6.73. The van der Waals surface area contributed by atoms with Crippen molar-refractivity contribution in [3.63, 3.8) is 0 Å². The molecule has 5 heteroatoms. The van der Waals surface area contributed by atoms with Gasteiger partial charge in [-0.15, -0.1) is 0 Å². The maximum Gasteiger partial charge on any atom is 0.311 e. The molecule has 1 aliphatic carbocycles. The van der Waals surface area contributed by atoms with Crippen molar-refractivity contribution in [3.05, 3.63) is 0 Å². The number of likely N-dealkylation sites (tertiary alicyclic amines) is 1. The van der Waals surface area contributed by atoms with Gasteiger partial charge in [0, 0.05) is 26.1 Å². The van der Waals surface area contributed by atoms with Gasteiger partial charge in [0.25, 0.3) is 0 Å². The summed E-state index contributed by atoms with van der Waals surface area (Å²) < 4.78 is 10.2. The first-order chi connectivity index (χ1) is 8.70. The van der Waals surface area contributed by atoms with E-state index in [-0.39, 0.29) is 24.4 Å². The van der Waals surface area contributed by atoms with Gasteiger partial charge in [-0.05, 0) is 25.7 Å². The van der Waals surface area contributed by atoms with E-state index >= 15 is 0 Å². The Hall–Kier alpha value is -1.10. The molecule has 1 amide bonds. The highest BCUT2D eigenvalue weighted by Gasteiger charge is 2.37. The molecule has 1 saturated carbocycles. The van der Waals surface area contributed by atoms with Crippen LogP contribution in [0.15, 0.2) is 0 Å². The van der Waals surface area contributed by atoms with Crippen LogP contribution in [0.3, 0.4) is 0 Å². The second kappa shape index (κ2) is 6.18. The van der Waals surface area contributed by atoms with Gasteiger partial charge in [-0.3, -0.25) is 9.59 Å². The third-order valence-corrected chi connectivity index (χ3v) is 3.40. The van der Waals surface area contributed by atoms with Crippen LogP contribution in [-0.4, -0.2) is 49.7 Å². The second-order valence-corrected chi connectivity index (χ2v) is 5.01. The Morgan fingerprint density at radius 1 is 1.39 bits per heavy atom. The molecule has 1 heterocycles. The summed E-state index contributed by atoms with van der Waals surface area (Å²) in [6.45, 7) is 4.57. The van der Waals surface area contributed by atoms with Gasteiger partial charge in [0.2, 0.25) is 5.91 Å². The fourth-order valence-corrected chi connectivity index (χ4v) is 2.18. The first kappa shape index (κ1) is 13.3. The van der Waals surface area contributed by atoms with Crippen LogP contribution in [0.5, 0.6) is 0 Å². The number of ether oxygens (including phenoxy) is 2. The minimum absolute atomic E-state index is 0.0914. The summed E-state index contributed by atoms with van der Waals surface area (Å²) in [7, 11) is 0. The molecule has 102 valence electrons. The van der Waals surface area contributed by atoms with Crippen LogP contribution < -0.4 is 0 Å². The molecule has 0 spiro atoms. The van der Waals surface area contributed by atoms with Crippen LogP contribution in [0.4, 0.5) is 0 Å². The van der Waals surface area contributed by atoms with E-state index in [1.807, 2.05) is 11.8 Å². The molecule has 0 aromatic heterocycles. The third kappa shape index (κ3) is 3.70. The maximum atomic E-state index is 11.7. The Morgan fingerprint density at radius 3 is 2.83 bits per heavy atom. The fourth-order valence-electron chi connectivity index (χ4n) is 2.18. The van der Waals surface area contributed by atoms with Gasteiger partial charge >= 0.3 is 5.97 Å². The molecule has 0 aromatic rings. The van der Waals surface area contributed by atoms with E-state index in [0.717, 1.165) is 6.54 Å². The van der Waals surface area contributed by atoms with Crippen LogP contribution in [0.25, 0.3) is 0 Å². The molecule has 0 radical (unpaired) electrons. The highest BCUT2D eigenvalue weighted by molar-refractivity contribution is 5.86. The Balaban J connectivity index is 1.69. The molecule has 1 aliphatic heterocycles. The normalized spacial score (nSPS) is 23.5. The largest absolute Gasteiger partial charge is 0.463 e. The molecule has 2 fully saturated rings. The Kier molecular flexibility index (Phi) is 4.58. The van der Waals surface area contributed by atoms with E-state index in [1.165, 1.54) is 12.8 Å². The lowest BCUT2D eigenvalue weighted by Gasteiger charge is -2.15. The molecule has 1 atom stereocenters. The lowest BCUT2D eigenvalue weighted by molar-refractivity contribution is -0.149. The zero-order valence-corrected chi connectivity index (χ0v) is 10.9. The predicted molar refractivity (Wildman–Crippen MR) is 64.9 cm³/mol. The molecule has 0 N–H and O–H groups in total. The summed E-state index contributed by atoms with van der Waals surface area (Å²) >= 11 is 0. The average Bonchev–Trinajstić information content (AvgIpc) is 3.09. The second-order valence-electron chi connectivity index (χ2n) is 5.01. The third-order valence-electron chi connectivity index (χ3n) is 3.40. The first-order valence-electron chi connectivity index (χ1n) is 6.73. The van der Waals surface area contributed by atoms with Gasteiger partial charge in [0.05, 0.1) is 12.5 Å². The van der Waals surface area contributed by atoms with Crippen molar-refractivity contribution in [2.45, 2.75) is 26.2 Å². The van der Waals surface area contributed by atoms with Crippen molar-refractivity contribution in [3.8, 4) is 0 Å². The number of nitrogens with zero attached hydrogens (tertiary/aromatic N) is 1. The number of carbonyl (C=O) groups is 2. The van der Waals surface area contributed by atoms with E-state index in [1.54, 1.807) is 0 Å². The van der Waals surface area contributed by atoms with Crippen LogP contribution in [0.2, 0.25) is 0 Å². The number of hydrogen-bond donors (Lipinski definition) is 0. The fraction of sp³-hybridized carbons (Fsp3) is 0.846. The van der Waals surface area contributed by atoms with E-state index in [0.29, 0.717) is 32.1 Å². The molecular formula is C13H21NO4. The van der Waals surface area contributed by atoms with Crippen molar-refractivity contribution in [2.24, 2.45) is 11.8 Å². The lowest BCUT2D eigenvalue weighted by Crippen LogP contribution is -2.29. The highest BCUT2D eigenvalue weighted by Crippen LogP contribution is 2.32. The number of carbonyl (C=O) groups excluding carboxylic acids is 2. The van der Waals surface area contributed by atoms with Gasteiger partial charge in [-0.1, -0.05) is 0 Å². The summed E-state index contributed by atoms with van der Waals surface area (Å²) in [6.07, 6.45) is 2.74. The van der Waals surface area contributed by atoms with Crippen molar-refractivity contribution in [2.75, 3.05) is 32.9 Å². The topological polar surface area (TPSA) is 55.8 Å². The molecule has 2 aliphatic rings. The van der Waals surface area contributed by atoms with E-state index < -0.39 is 0 Å². The predicted octanol–water partition coefficient (Wildman–Crippen LogP) is 0.825. The summed E-state index contributed by atoms with van der Waals surface area (Å²) in [4.78, 5) is 25.3. The Morgan fingerprint density at radius 2 is 2.17 bits per heavy atom. The monoisotopic (exact) mass is 255 g/mol. The summed E-state index contributed by atoms with van der Waals surface area (Å²) in [5.41, 5.74) is 0. The minimum atomic E-state index is -0.280. The summed E-state index contributed by atoms with van der Waals surface area (Å²) in [5, 5.41) is 0. The maximum absolute atomic E-state index is 11.7. The number of amides is 1. The minimum Gasteiger partial charge on any atom is -0.463 e. The quantitative estimate of drug-likeness (QED) is 0.499. The molecule has 1 unspecified atom stereocenters. The molecule has 2 rings (SSSR count). The summed E-state index contributed by atoms with van der Waals surface area (Å²) in [5.74, 6) is 0.217.